The second-order valence-corrected chi connectivity index (χ2v) is 17.7. The number of hydrogen-bond donors (Lipinski definition) is 3. The van der Waals surface area contributed by atoms with Crippen LogP contribution in [0.25, 0.3) is 0 Å². The first kappa shape index (κ1) is 57.9. The molecule has 0 aliphatic rings. The van der Waals surface area contributed by atoms with E-state index in [4.69, 9.17) is 23.6 Å². The van der Waals surface area contributed by atoms with Crippen LogP contribution in [-0.4, -0.2) is 65.7 Å². The average molecular weight is 869 g/mol. The minimum Gasteiger partial charge on any atom is -0.462 e. The van der Waals surface area contributed by atoms with E-state index in [9.17, 15) is 24.2 Å². The van der Waals surface area contributed by atoms with E-state index in [2.05, 4.69) is 32.1 Å². The third-order valence-electron chi connectivity index (χ3n) is 10.3. The highest BCUT2D eigenvalue weighted by atomic mass is 31.2. The number of esters is 2. The van der Waals surface area contributed by atoms with E-state index < -0.39 is 51.8 Å². The molecule has 0 amide bonds. The van der Waals surface area contributed by atoms with Crippen molar-refractivity contribution in [2.75, 3.05) is 26.4 Å². The van der Waals surface area contributed by atoms with E-state index in [0.29, 0.717) is 12.8 Å². The van der Waals surface area contributed by atoms with Crippen LogP contribution in [0.5, 0.6) is 0 Å². The topological polar surface area (TPSA) is 149 Å². The SMILES string of the molecule is CC/C=C/C=C/C=C/C=C/CCCCCCCC(=O)OC[C@H](COP(=O)(O)OC[C@@H](O)CO)OC(=O)CCCCCCCCCCCCCCCCCCCCCCCC. The number of hydrogen-bond acceptors (Lipinski definition) is 9. The van der Waals surface area contributed by atoms with Crippen molar-refractivity contribution in [1.82, 2.24) is 0 Å². The van der Waals surface area contributed by atoms with Crippen molar-refractivity contribution in [1.29, 1.82) is 0 Å². The minimum atomic E-state index is -4.63. The lowest BCUT2D eigenvalue weighted by atomic mass is 10.0. The van der Waals surface area contributed by atoms with Gasteiger partial charge in [0, 0.05) is 12.8 Å². The molecule has 1 unspecified atom stereocenters. The van der Waals surface area contributed by atoms with E-state index >= 15 is 0 Å². The maximum Gasteiger partial charge on any atom is 0.472 e. The fraction of sp³-hybridized carbons (Fsp3) is 0.796. The molecule has 3 atom stereocenters. The Morgan fingerprint density at radius 1 is 0.517 bits per heavy atom. The van der Waals surface area contributed by atoms with Crippen LogP contribution in [0.4, 0.5) is 0 Å². The highest BCUT2D eigenvalue weighted by Crippen LogP contribution is 2.43. The maximum atomic E-state index is 12.7. The Morgan fingerprint density at radius 2 is 0.917 bits per heavy atom. The molecular weight excluding hydrogens is 780 g/mol. The van der Waals surface area contributed by atoms with Crippen LogP contribution in [-0.2, 0) is 32.7 Å². The van der Waals surface area contributed by atoms with Crippen LogP contribution in [0.3, 0.4) is 0 Å². The zero-order valence-electron chi connectivity index (χ0n) is 38.2. The van der Waals surface area contributed by atoms with Gasteiger partial charge in [-0.2, -0.15) is 0 Å². The minimum absolute atomic E-state index is 0.181. The molecule has 10 nitrogen and oxygen atoms in total. The number of phosphoric acid groups is 1. The quantitative estimate of drug-likeness (QED) is 0.0234. The van der Waals surface area contributed by atoms with Gasteiger partial charge in [-0.05, 0) is 32.1 Å². The highest BCUT2D eigenvalue weighted by Gasteiger charge is 2.27. The normalized spacial score (nSPS) is 14.2. The summed E-state index contributed by atoms with van der Waals surface area (Å²) in [6.07, 6.45) is 49.4. The molecule has 0 saturated heterocycles. The Kier molecular flexibility index (Phi) is 43.4. The Balaban J connectivity index is 4.19. The number of carbonyl (C=O) groups is 2. The fourth-order valence-corrected chi connectivity index (χ4v) is 7.44. The predicted octanol–water partition coefficient (Wildman–Crippen LogP) is 13.3. The maximum absolute atomic E-state index is 12.7. The Labute approximate surface area is 366 Å². The third kappa shape index (κ3) is 44.0. The van der Waals surface area contributed by atoms with Crippen LogP contribution in [0.2, 0.25) is 0 Å². The molecule has 0 saturated carbocycles. The number of aliphatic hydroxyl groups is 2. The van der Waals surface area contributed by atoms with E-state index in [1.165, 1.54) is 116 Å². The second-order valence-electron chi connectivity index (χ2n) is 16.2. The molecule has 0 spiro atoms. The van der Waals surface area contributed by atoms with Gasteiger partial charge < -0.3 is 24.6 Å². The molecule has 0 aromatic heterocycles. The molecule has 0 fully saturated rings. The number of unbranched alkanes of at least 4 members (excludes halogenated alkanes) is 26. The van der Waals surface area contributed by atoms with Crippen molar-refractivity contribution in [3.8, 4) is 0 Å². The molecule has 350 valence electrons. The summed E-state index contributed by atoms with van der Waals surface area (Å²) in [6.45, 7) is 2.24. The molecule has 0 radical (unpaired) electrons. The Hall–Kier alpha value is -2.07. The van der Waals surface area contributed by atoms with Crippen LogP contribution in [0, 0.1) is 0 Å². The van der Waals surface area contributed by atoms with Crippen molar-refractivity contribution in [2.45, 2.75) is 225 Å². The van der Waals surface area contributed by atoms with E-state index in [0.717, 1.165) is 57.8 Å². The van der Waals surface area contributed by atoms with Gasteiger partial charge in [-0.15, -0.1) is 0 Å². The summed E-state index contributed by atoms with van der Waals surface area (Å²) in [5.41, 5.74) is 0. The summed E-state index contributed by atoms with van der Waals surface area (Å²) in [4.78, 5) is 35.1. The lowest BCUT2D eigenvalue weighted by molar-refractivity contribution is -0.161. The molecule has 60 heavy (non-hydrogen) atoms. The molecule has 0 heterocycles. The molecule has 0 aliphatic heterocycles. The first-order valence-electron chi connectivity index (χ1n) is 24.1. The van der Waals surface area contributed by atoms with Crippen LogP contribution in [0.15, 0.2) is 48.6 Å². The van der Waals surface area contributed by atoms with Crippen molar-refractivity contribution >= 4 is 19.8 Å². The molecule has 0 aromatic carbocycles. The highest BCUT2D eigenvalue weighted by molar-refractivity contribution is 7.47. The van der Waals surface area contributed by atoms with Crippen LogP contribution in [0.1, 0.15) is 213 Å². The number of rotatable bonds is 45. The van der Waals surface area contributed by atoms with E-state index in [1.807, 2.05) is 30.4 Å². The zero-order valence-corrected chi connectivity index (χ0v) is 39.1. The lowest BCUT2D eigenvalue weighted by Gasteiger charge is -2.20. The van der Waals surface area contributed by atoms with Crippen molar-refractivity contribution in [2.24, 2.45) is 0 Å². The lowest BCUT2D eigenvalue weighted by Crippen LogP contribution is -2.29. The fourth-order valence-electron chi connectivity index (χ4n) is 6.65. The van der Waals surface area contributed by atoms with Gasteiger partial charge in [-0.1, -0.05) is 217 Å². The van der Waals surface area contributed by atoms with Gasteiger partial charge in [-0.25, -0.2) is 4.57 Å². The summed E-state index contributed by atoms with van der Waals surface area (Å²) in [5.74, 6) is -0.946. The Morgan fingerprint density at radius 3 is 1.38 bits per heavy atom. The monoisotopic (exact) mass is 869 g/mol. The Bertz CT molecular complexity index is 1140. The van der Waals surface area contributed by atoms with Gasteiger partial charge in [0.15, 0.2) is 6.10 Å². The number of aliphatic hydroxyl groups excluding tert-OH is 2. The number of carbonyl (C=O) groups excluding carboxylic acids is 2. The van der Waals surface area contributed by atoms with Crippen LogP contribution < -0.4 is 0 Å². The molecule has 0 rings (SSSR count). The summed E-state index contributed by atoms with van der Waals surface area (Å²) in [6, 6.07) is 0. The van der Waals surface area contributed by atoms with Gasteiger partial charge in [0.2, 0.25) is 0 Å². The molecule has 0 bridgehead atoms. The van der Waals surface area contributed by atoms with Crippen LogP contribution >= 0.6 is 7.82 Å². The molecule has 0 aliphatic carbocycles. The number of allylic oxidation sites excluding steroid dienone is 8. The third-order valence-corrected chi connectivity index (χ3v) is 11.3. The summed E-state index contributed by atoms with van der Waals surface area (Å²) in [7, 11) is -4.63. The van der Waals surface area contributed by atoms with Crippen molar-refractivity contribution in [3.05, 3.63) is 48.6 Å². The zero-order chi connectivity index (χ0) is 44.0. The molecule has 11 heteroatoms. The summed E-state index contributed by atoms with van der Waals surface area (Å²) >= 11 is 0. The first-order valence-corrected chi connectivity index (χ1v) is 25.6. The largest absolute Gasteiger partial charge is 0.472 e. The number of phosphoric ester groups is 1. The van der Waals surface area contributed by atoms with Crippen molar-refractivity contribution < 1.29 is 47.8 Å². The van der Waals surface area contributed by atoms with Gasteiger partial charge >= 0.3 is 19.8 Å². The first-order chi connectivity index (χ1) is 29.2. The van der Waals surface area contributed by atoms with Gasteiger partial charge in [0.25, 0.3) is 0 Å². The standard InChI is InChI=1S/C49H89O10P/c1-3-5-7-9-11-13-15-17-19-20-21-22-23-24-25-27-29-31-33-35-37-39-41-49(53)59-47(45-58-60(54,55)57-43-46(51)42-50)44-56-48(52)40-38-36-34-32-30-28-26-18-16-14-12-10-8-6-4-2/h6,8,10,12,14,16,18,26,46-47,50-51H,3-5,7,9,11,13,15,17,19-25,27-45H2,1-2H3,(H,54,55)/b8-6+,12-10+,16-14+,26-18+/t46-,47+/m0/s1. The van der Waals surface area contributed by atoms with Gasteiger partial charge in [0.1, 0.15) is 12.7 Å². The summed E-state index contributed by atoms with van der Waals surface area (Å²) < 4.78 is 32.8. The smallest absolute Gasteiger partial charge is 0.462 e. The van der Waals surface area contributed by atoms with E-state index in [-0.39, 0.29) is 19.4 Å². The van der Waals surface area contributed by atoms with Crippen molar-refractivity contribution in [3.63, 3.8) is 0 Å². The molecular formula is C49H89O10P. The average Bonchev–Trinajstić information content (AvgIpc) is 3.24. The number of ether oxygens (including phenoxy) is 2. The predicted molar refractivity (Wildman–Crippen MR) is 247 cm³/mol. The van der Waals surface area contributed by atoms with Gasteiger partial charge in [0.05, 0.1) is 19.8 Å². The molecule has 0 aromatic rings. The van der Waals surface area contributed by atoms with Gasteiger partial charge in [-0.3, -0.25) is 18.6 Å². The second kappa shape index (κ2) is 45.0. The summed E-state index contributed by atoms with van der Waals surface area (Å²) in [5, 5.41) is 18.4. The van der Waals surface area contributed by atoms with E-state index in [1.54, 1.807) is 0 Å². The molecule has 3 N–H and O–H groups in total.